The topological polar surface area (TPSA) is 78.4 Å². The van der Waals surface area contributed by atoms with Crippen molar-refractivity contribution in [2.75, 3.05) is 6.54 Å². The highest BCUT2D eigenvalue weighted by atomic mass is 16.3. The van der Waals surface area contributed by atoms with E-state index in [1.807, 2.05) is 0 Å². The van der Waals surface area contributed by atoms with Gasteiger partial charge in [-0.25, -0.2) is 0 Å². The Balaban J connectivity index is 2.21. The molecule has 0 spiro atoms. The van der Waals surface area contributed by atoms with Crippen LogP contribution in [0.1, 0.15) is 52.9 Å². The van der Waals surface area contributed by atoms with Crippen LogP contribution in [0.15, 0.2) is 0 Å². The molecule has 19 heavy (non-hydrogen) atoms. The molecule has 3 N–H and O–H groups in total. The Morgan fingerprint density at radius 2 is 1.89 bits per heavy atom. The van der Waals surface area contributed by atoms with E-state index < -0.39 is 11.6 Å². The van der Waals surface area contributed by atoms with Gasteiger partial charge >= 0.3 is 0 Å². The Kier molecular flexibility index (Phi) is 5.79. The molecule has 5 heteroatoms. The number of amides is 2. The summed E-state index contributed by atoms with van der Waals surface area (Å²) in [5.74, 6) is 0.0506. The normalized spacial score (nSPS) is 18.1. The third-order valence-corrected chi connectivity index (χ3v) is 3.88. The van der Waals surface area contributed by atoms with E-state index in [0.717, 1.165) is 25.7 Å². The van der Waals surface area contributed by atoms with Gasteiger partial charge in [0.25, 0.3) is 0 Å². The van der Waals surface area contributed by atoms with Crippen molar-refractivity contribution in [3.63, 3.8) is 0 Å². The van der Waals surface area contributed by atoms with Gasteiger partial charge in [0.1, 0.15) is 0 Å². The van der Waals surface area contributed by atoms with Crippen LogP contribution in [0.2, 0.25) is 0 Å². The van der Waals surface area contributed by atoms with Gasteiger partial charge in [0.2, 0.25) is 11.8 Å². The lowest BCUT2D eigenvalue weighted by molar-refractivity contribution is -0.125. The number of aliphatic hydroxyl groups excluding tert-OH is 1. The molecule has 1 unspecified atom stereocenters. The molecule has 110 valence electrons. The van der Waals surface area contributed by atoms with Crippen LogP contribution < -0.4 is 10.6 Å². The lowest BCUT2D eigenvalue weighted by Crippen LogP contribution is -2.51. The number of hydrogen-bond donors (Lipinski definition) is 3. The van der Waals surface area contributed by atoms with E-state index >= 15 is 0 Å². The number of hydrogen-bond acceptors (Lipinski definition) is 3. The molecule has 0 radical (unpaired) electrons. The van der Waals surface area contributed by atoms with Crippen molar-refractivity contribution in [2.45, 2.75) is 64.5 Å². The Morgan fingerprint density at radius 3 is 2.42 bits per heavy atom. The van der Waals surface area contributed by atoms with Gasteiger partial charge < -0.3 is 15.7 Å². The Bertz CT molecular complexity index is 321. The van der Waals surface area contributed by atoms with Crippen molar-refractivity contribution >= 4 is 11.8 Å². The van der Waals surface area contributed by atoms with Gasteiger partial charge in [-0.3, -0.25) is 9.59 Å². The molecule has 0 aromatic rings. The molecule has 1 atom stereocenters. The minimum absolute atomic E-state index is 0.0695. The summed E-state index contributed by atoms with van der Waals surface area (Å²) in [5, 5.41) is 15.1. The number of aliphatic hydroxyl groups is 1. The molecule has 5 nitrogen and oxygen atoms in total. The molecule has 1 aliphatic rings. The zero-order valence-electron chi connectivity index (χ0n) is 12.2. The molecule has 0 heterocycles. The lowest BCUT2D eigenvalue weighted by Gasteiger charge is -2.29. The Labute approximate surface area is 115 Å². The fraction of sp³-hybridized carbons (Fsp3) is 0.857. The number of carbonyl (C=O) groups is 2. The van der Waals surface area contributed by atoms with Crippen LogP contribution in [-0.4, -0.2) is 35.1 Å². The molecule has 1 aliphatic carbocycles. The van der Waals surface area contributed by atoms with E-state index in [-0.39, 0.29) is 24.2 Å². The maximum absolute atomic E-state index is 11.7. The SMILES string of the molecule is CC(O)C(C)(C)NC(=O)CCNC(=O)C1CCCC1. The second-order valence-corrected chi connectivity index (χ2v) is 5.97. The van der Waals surface area contributed by atoms with Gasteiger partial charge in [-0.2, -0.15) is 0 Å². The first-order chi connectivity index (χ1) is 8.83. The van der Waals surface area contributed by atoms with Gasteiger partial charge in [-0.05, 0) is 33.6 Å². The molecular weight excluding hydrogens is 244 g/mol. The Morgan fingerprint density at radius 1 is 1.32 bits per heavy atom. The van der Waals surface area contributed by atoms with Gasteiger partial charge in [0.15, 0.2) is 0 Å². The van der Waals surface area contributed by atoms with Gasteiger partial charge in [0.05, 0.1) is 11.6 Å². The number of rotatable bonds is 6. The fourth-order valence-corrected chi connectivity index (χ4v) is 2.16. The summed E-state index contributed by atoms with van der Waals surface area (Å²) >= 11 is 0. The lowest BCUT2D eigenvalue weighted by atomic mass is 9.98. The summed E-state index contributed by atoms with van der Waals surface area (Å²) < 4.78 is 0. The number of nitrogens with one attached hydrogen (secondary N) is 2. The highest BCUT2D eigenvalue weighted by molar-refractivity contribution is 5.80. The molecule has 1 saturated carbocycles. The summed E-state index contributed by atoms with van der Waals surface area (Å²) in [4.78, 5) is 23.4. The van der Waals surface area contributed by atoms with Crippen molar-refractivity contribution in [1.29, 1.82) is 0 Å². The minimum atomic E-state index is -0.646. The van der Waals surface area contributed by atoms with E-state index in [1.165, 1.54) is 0 Å². The third kappa shape index (κ3) is 5.19. The van der Waals surface area contributed by atoms with Crippen molar-refractivity contribution in [2.24, 2.45) is 5.92 Å². The van der Waals surface area contributed by atoms with Gasteiger partial charge in [-0.15, -0.1) is 0 Å². The second-order valence-electron chi connectivity index (χ2n) is 5.97. The van der Waals surface area contributed by atoms with E-state index in [1.54, 1.807) is 20.8 Å². The van der Waals surface area contributed by atoms with Crippen LogP contribution >= 0.6 is 0 Å². The summed E-state index contributed by atoms with van der Waals surface area (Å²) in [5.41, 5.74) is -0.646. The third-order valence-electron chi connectivity index (χ3n) is 3.88. The molecule has 0 bridgehead atoms. The van der Waals surface area contributed by atoms with E-state index in [4.69, 9.17) is 0 Å². The molecular formula is C14H26N2O3. The average molecular weight is 270 g/mol. The first kappa shape index (κ1) is 16.0. The smallest absolute Gasteiger partial charge is 0.223 e. The average Bonchev–Trinajstić information content (AvgIpc) is 2.81. The Hall–Kier alpha value is -1.10. The van der Waals surface area contributed by atoms with Crippen LogP contribution in [0.5, 0.6) is 0 Å². The first-order valence-electron chi connectivity index (χ1n) is 7.09. The maximum atomic E-state index is 11.7. The molecule has 0 aromatic heterocycles. The standard InChI is InChI=1S/C14H26N2O3/c1-10(17)14(2,3)16-12(18)8-9-15-13(19)11-6-4-5-7-11/h10-11,17H,4-9H2,1-3H3,(H,15,19)(H,16,18). The van der Waals surface area contributed by atoms with Crippen LogP contribution in [0.25, 0.3) is 0 Å². The van der Waals surface area contributed by atoms with E-state index in [9.17, 15) is 14.7 Å². The summed E-state index contributed by atoms with van der Waals surface area (Å²) in [6.45, 7) is 5.54. The molecule has 1 fully saturated rings. The summed E-state index contributed by atoms with van der Waals surface area (Å²) in [6, 6.07) is 0. The number of carbonyl (C=O) groups excluding carboxylic acids is 2. The predicted molar refractivity (Wildman–Crippen MR) is 73.5 cm³/mol. The first-order valence-corrected chi connectivity index (χ1v) is 7.09. The van der Waals surface area contributed by atoms with E-state index in [0.29, 0.717) is 6.54 Å². The highest BCUT2D eigenvalue weighted by Gasteiger charge is 2.26. The molecule has 0 aliphatic heterocycles. The fourth-order valence-electron chi connectivity index (χ4n) is 2.16. The largest absolute Gasteiger partial charge is 0.391 e. The quantitative estimate of drug-likeness (QED) is 0.672. The zero-order chi connectivity index (χ0) is 14.5. The van der Waals surface area contributed by atoms with Crippen molar-refractivity contribution in [1.82, 2.24) is 10.6 Å². The summed E-state index contributed by atoms with van der Waals surface area (Å²) in [6.07, 6.45) is 3.81. The molecule has 1 rings (SSSR count). The van der Waals surface area contributed by atoms with Crippen LogP contribution in [0.3, 0.4) is 0 Å². The zero-order valence-corrected chi connectivity index (χ0v) is 12.2. The van der Waals surface area contributed by atoms with Crippen molar-refractivity contribution in [3.8, 4) is 0 Å². The second kappa shape index (κ2) is 6.89. The van der Waals surface area contributed by atoms with Crippen molar-refractivity contribution in [3.05, 3.63) is 0 Å². The van der Waals surface area contributed by atoms with Crippen LogP contribution in [0, 0.1) is 5.92 Å². The van der Waals surface area contributed by atoms with Crippen molar-refractivity contribution < 1.29 is 14.7 Å². The predicted octanol–water partition coefficient (Wildman–Crippen LogP) is 0.958. The minimum Gasteiger partial charge on any atom is -0.391 e. The maximum Gasteiger partial charge on any atom is 0.223 e. The van der Waals surface area contributed by atoms with Crippen LogP contribution in [-0.2, 0) is 9.59 Å². The van der Waals surface area contributed by atoms with E-state index in [2.05, 4.69) is 10.6 Å². The monoisotopic (exact) mass is 270 g/mol. The highest BCUT2D eigenvalue weighted by Crippen LogP contribution is 2.24. The summed E-state index contributed by atoms with van der Waals surface area (Å²) in [7, 11) is 0. The van der Waals surface area contributed by atoms with Gasteiger partial charge in [-0.1, -0.05) is 12.8 Å². The van der Waals surface area contributed by atoms with Crippen LogP contribution in [0.4, 0.5) is 0 Å². The molecule has 0 aromatic carbocycles. The molecule has 2 amide bonds. The van der Waals surface area contributed by atoms with Gasteiger partial charge in [0, 0.05) is 18.9 Å². The molecule has 0 saturated heterocycles.